The molecule has 0 unspecified atom stereocenters. The third-order valence-corrected chi connectivity index (χ3v) is 6.38. The molecule has 8 heteroatoms. The molecule has 1 aliphatic rings. The van der Waals surface area contributed by atoms with Crippen LogP contribution in [0.3, 0.4) is 0 Å². The molecule has 3 rings (SSSR count). The van der Waals surface area contributed by atoms with Crippen LogP contribution in [0.1, 0.15) is 43.2 Å². The van der Waals surface area contributed by atoms with Crippen molar-refractivity contribution in [1.82, 2.24) is 0 Å². The zero-order valence-corrected chi connectivity index (χ0v) is 18.6. The standard InChI is InChI=1S/C25H27NO7/c1-3-32-20(28)15-25(24(29)33-4-2)19(16-27)21(17-11-7-5-8-12-17)23(26(30)31)22(25)18-13-9-6-10-14-18/h5-14,16,19,21-23H,3-4,15H2,1-2H3/t19-,21-,22+,23-,25-/m0/s1. The van der Waals surface area contributed by atoms with Crippen LogP contribution < -0.4 is 0 Å². The maximum Gasteiger partial charge on any atom is 0.314 e. The summed E-state index contributed by atoms with van der Waals surface area (Å²) in [6, 6.07) is 15.8. The molecule has 8 nitrogen and oxygen atoms in total. The van der Waals surface area contributed by atoms with Gasteiger partial charge in [0.15, 0.2) is 0 Å². The predicted molar refractivity (Wildman–Crippen MR) is 119 cm³/mol. The zero-order valence-electron chi connectivity index (χ0n) is 18.6. The van der Waals surface area contributed by atoms with Crippen molar-refractivity contribution >= 4 is 18.2 Å². The minimum Gasteiger partial charge on any atom is -0.466 e. The van der Waals surface area contributed by atoms with Crippen LogP contribution in [0.15, 0.2) is 60.7 Å². The second-order valence-electron chi connectivity index (χ2n) is 8.01. The van der Waals surface area contributed by atoms with E-state index in [-0.39, 0.29) is 13.2 Å². The Morgan fingerprint density at radius 2 is 1.52 bits per heavy atom. The van der Waals surface area contributed by atoms with Crippen molar-refractivity contribution in [2.75, 3.05) is 13.2 Å². The maximum absolute atomic E-state index is 13.6. The highest BCUT2D eigenvalue weighted by Gasteiger charge is 2.70. The van der Waals surface area contributed by atoms with Gasteiger partial charge >= 0.3 is 11.9 Å². The average molecular weight is 453 g/mol. The van der Waals surface area contributed by atoms with E-state index < -0.39 is 52.5 Å². The second-order valence-corrected chi connectivity index (χ2v) is 8.01. The Balaban J connectivity index is 2.35. The lowest BCUT2D eigenvalue weighted by Crippen LogP contribution is -2.45. The highest BCUT2D eigenvalue weighted by Crippen LogP contribution is 2.61. The van der Waals surface area contributed by atoms with Gasteiger partial charge in [-0.25, -0.2) is 0 Å². The quantitative estimate of drug-likeness (QED) is 0.247. The van der Waals surface area contributed by atoms with Crippen LogP contribution in [-0.4, -0.2) is 42.4 Å². The van der Waals surface area contributed by atoms with Gasteiger partial charge in [0.25, 0.3) is 0 Å². The summed E-state index contributed by atoms with van der Waals surface area (Å²) in [6.45, 7) is 3.30. The fraction of sp³-hybridized carbons (Fsp3) is 0.400. The van der Waals surface area contributed by atoms with Crippen molar-refractivity contribution in [3.05, 3.63) is 81.9 Å². The summed E-state index contributed by atoms with van der Waals surface area (Å²) in [4.78, 5) is 51.1. The van der Waals surface area contributed by atoms with E-state index in [1.165, 1.54) is 0 Å². The number of nitrogens with zero attached hydrogens (tertiary/aromatic N) is 1. The van der Waals surface area contributed by atoms with E-state index in [1.807, 2.05) is 0 Å². The Labute approximate surface area is 192 Å². The van der Waals surface area contributed by atoms with Crippen molar-refractivity contribution in [3.63, 3.8) is 0 Å². The number of nitro groups is 1. The van der Waals surface area contributed by atoms with Crippen molar-refractivity contribution in [2.45, 2.75) is 38.1 Å². The number of carbonyl (C=O) groups is 3. The number of aldehydes is 1. The van der Waals surface area contributed by atoms with E-state index in [0.717, 1.165) is 0 Å². The molecule has 0 N–H and O–H groups in total. The van der Waals surface area contributed by atoms with E-state index in [4.69, 9.17) is 9.47 Å². The average Bonchev–Trinajstić information content (AvgIpc) is 3.11. The maximum atomic E-state index is 13.6. The molecule has 33 heavy (non-hydrogen) atoms. The molecule has 1 saturated carbocycles. The van der Waals surface area contributed by atoms with Gasteiger partial charge in [-0.05, 0) is 25.0 Å². The minimum absolute atomic E-state index is 0.00434. The summed E-state index contributed by atoms with van der Waals surface area (Å²) >= 11 is 0. The lowest BCUT2D eigenvalue weighted by molar-refractivity contribution is -0.528. The Hall–Kier alpha value is -3.55. The molecule has 1 aliphatic carbocycles. The number of benzene rings is 2. The number of rotatable bonds is 9. The van der Waals surface area contributed by atoms with Gasteiger partial charge in [0.2, 0.25) is 6.04 Å². The molecular formula is C25H27NO7. The number of esters is 2. The first-order valence-electron chi connectivity index (χ1n) is 10.9. The van der Waals surface area contributed by atoms with Gasteiger partial charge < -0.3 is 14.3 Å². The van der Waals surface area contributed by atoms with Gasteiger partial charge in [-0.3, -0.25) is 19.7 Å². The second kappa shape index (κ2) is 10.4. The molecule has 0 heterocycles. The Morgan fingerprint density at radius 1 is 0.970 bits per heavy atom. The Morgan fingerprint density at radius 3 is 2.00 bits per heavy atom. The summed E-state index contributed by atoms with van der Waals surface area (Å²) in [5, 5.41) is 12.5. The lowest BCUT2D eigenvalue weighted by Gasteiger charge is -2.35. The summed E-state index contributed by atoms with van der Waals surface area (Å²) in [6.07, 6.45) is 0.0591. The van der Waals surface area contributed by atoms with E-state index >= 15 is 0 Å². The van der Waals surface area contributed by atoms with Crippen molar-refractivity contribution in [1.29, 1.82) is 0 Å². The van der Waals surface area contributed by atoms with Gasteiger partial charge in [-0.2, -0.15) is 0 Å². The molecule has 2 aromatic rings. The SMILES string of the molecule is CCOC(=O)C[C@@]1(C(=O)OCC)[C@H](c2ccccc2)[C@@H]([N+](=O)[O-])[C@@H](c2ccccc2)[C@@H]1C=O. The third kappa shape index (κ3) is 4.37. The molecule has 0 spiro atoms. The first-order chi connectivity index (χ1) is 15.9. The topological polar surface area (TPSA) is 113 Å². The molecule has 174 valence electrons. The van der Waals surface area contributed by atoms with Crippen molar-refractivity contribution < 1.29 is 28.8 Å². The highest BCUT2D eigenvalue weighted by molar-refractivity contribution is 5.89. The molecule has 0 radical (unpaired) electrons. The number of hydrogen-bond acceptors (Lipinski definition) is 7. The largest absolute Gasteiger partial charge is 0.466 e. The van der Waals surface area contributed by atoms with E-state index in [9.17, 15) is 24.5 Å². The fourth-order valence-electron chi connectivity index (χ4n) is 5.23. The van der Waals surface area contributed by atoms with Gasteiger partial charge in [0.05, 0.1) is 31.5 Å². The van der Waals surface area contributed by atoms with Gasteiger partial charge in [0.1, 0.15) is 11.7 Å². The summed E-state index contributed by atoms with van der Waals surface area (Å²) < 4.78 is 10.5. The van der Waals surface area contributed by atoms with Gasteiger partial charge in [-0.15, -0.1) is 0 Å². The first-order valence-corrected chi connectivity index (χ1v) is 10.9. The molecule has 0 aromatic heterocycles. The molecule has 0 saturated heterocycles. The first kappa shape index (κ1) is 24.1. The summed E-state index contributed by atoms with van der Waals surface area (Å²) in [5.41, 5.74) is -0.766. The van der Waals surface area contributed by atoms with Crippen LogP contribution in [-0.2, 0) is 23.9 Å². The van der Waals surface area contributed by atoms with Crippen LogP contribution in [0.25, 0.3) is 0 Å². The molecule has 0 aliphatic heterocycles. The lowest BCUT2D eigenvalue weighted by atomic mass is 9.66. The fourth-order valence-corrected chi connectivity index (χ4v) is 5.23. The Bertz CT molecular complexity index is 994. The van der Waals surface area contributed by atoms with Gasteiger partial charge in [0, 0.05) is 10.8 Å². The normalized spacial score (nSPS) is 26.4. The highest BCUT2D eigenvalue weighted by atomic mass is 16.6. The molecule has 0 bridgehead atoms. The van der Waals surface area contributed by atoms with E-state index in [1.54, 1.807) is 74.5 Å². The van der Waals surface area contributed by atoms with Crippen molar-refractivity contribution in [3.8, 4) is 0 Å². The monoisotopic (exact) mass is 453 g/mol. The molecule has 5 atom stereocenters. The van der Waals surface area contributed by atoms with E-state index in [0.29, 0.717) is 17.4 Å². The molecular weight excluding hydrogens is 426 g/mol. The van der Waals surface area contributed by atoms with Crippen LogP contribution in [0.5, 0.6) is 0 Å². The van der Waals surface area contributed by atoms with Crippen LogP contribution in [0.4, 0.5) is 0 Å². The smallest absolute Gasteiger partial charge is 0.314 e. The third-order valence-electron chi connectivity index (χ3n) is 6.38. The number of carbonyl (C=O) groups excluding carboxylic acids is 3. The number of ether oxygens (including phenoxy) is 2. The zero-order chi connectivity index (χ0) is 24.0. The van der Waals surface area contributed by atoms with Crippen LogP contribution >= 0.6 is 0 Å². The molecule has 1 fully saturated rings. The predicted octanol–water partition coefficient (Wildman–Crippen LogP) is 3.53. The van der Waals surface area contributed by atoms with Crippen molar-refractivity contribution in [2.24, 2.45) is 11.3 Å². The molecule has 2 aromatic carbocycles. The minimum atomic E-state index is -1.80. The summed E-state index contributed by atoms with van der Waals surface area (Å²) in [5.74, 6) is -4.73. The van der Waals surface area contributed by atoms with Crippen LogP contribution in [0, 0.1) is 21.4 Å². The van der Waals surface area contributed by atoms with Gasteiger partial charge in [-0.1, -0.05) is 60.7 Å². The van der Waals surface area contributed by atoms with Crippen LogP contribution in [0.2, 0.25) is 0 Å². The number of hydrogen-bond donors (Lipinski definition) is 0. The molecule has 0 amide bonds. The summed E-state index contributed by atoms with van der Waals surface area (Å²) in [7, 11) is 0. The Kier molecular flexibility index (Phi) is 7.58. The van der Waals surface area contributed by atoms with E-state index in [2.05, 4.69) is 0 Å².